The molecule has 2 rings (SSSR count). The number of nitrogens with zero attached hydrogens (tertiary/aromatic N) is 1. The summed E-state index contributed by atoms with van der Waals surface area (Å²) < 4.78 is 5.49. The summed E-state index contributed by atoms with van der Waals surface area (Å²) in [7, 11) is 0. The molecule has 1 aromatic carbocycles. The van der Waals surface area contributed by atoms with Crippen LogP contribution in [0.5, 0.6) is 0 Å². The van der Waals surface area contributed by atoms with E-state index in [1.165, 1.54) is 24.0 Å². The van der Waals surface area contributed by atoms with Gasteiger partial charge in [0.2, 0.25) is 0 Å². The van der Waals surface area contributed by atoms with Gasteiger partial charge in [-0.15, -0.1) is 0 Å². The summed E-state index contributed by atoms with van der Waals surface area (Å²) in [5.74, 6) is 0. The molecular formula is C16H25NO. The van der Waals surface area contributed by atoms with E-state index in [2.05, 4.69) is 49.9 Å². The van der Waals surface area contributed by atoms with Crippen LogP contribution in [0.1, 0.15) is 37.8 Å². The highest BCUT2D eigenvalue weighted by Crippen LogP contribution is 2.34. The lowest BCUT2D eigenvalue weighted by molar-refractivity contribution is 0.0134. The summed E-state index contributed by atoms with van der Waals surface area (Å²) in [6.45, 7) is 10.5. The van der Waals surface area contributed by atoms with E-state index in [0.29, 0.717) is 5.41 Å². The maximum atomic E-state index is 5.49. The normalized spacial score (nSPS) is 19.9. The number of hydrogen-bond acceptors (Lipinski definition) is 2. The minimum absolute atomic E-state index is 0.344. The molecule has 0 atom stereocenters. The molecule has 0 bridgehead atoms. The number of aryl methyl sites for hydroxylation is 1. The molecule has 0 aliphatic carbocycles. The zero-order chi connectivity index (χ0) is 13.0. The van der Waals surface area contributed by atoms with Crippen LogP contribution in [-0.4, -0.2) is 31.3 Å². The Morgan fingerprint density at radius 1 is 1.17 bits per heavy atom. The molecule has 0 spiro atoms. The van der Waals surface area contributed by atoms with Gasteiger partial charge >= 0.3 is 0 Å². The van der Waals surface area contributed by atoms with Gasteiger partial charge in [0.05, 0.1) is 6.73 Å². The highest BCUT2D eigenvalue weighted by Gasteiger charge is 2.31. The molecule has 1 heterocycles. The smallest absolute Gasteiger partial charge is 0.0990 e. The van der Waals surface area contributed by atoms with E-state index in [0.717, 1.165) is 26.4 Å². The van der Waals surface area contributed by atoms with Crippen LogP contribution in [0.4, 0.5) is 0 Å². The number of hydrogen-bond donors (Lipinski definition) is 0. The van der Waals surface area contributed by atoms with E-state index in [1.54, 1.807) is 0 Å². The van der Waals surface area contributed by atoms with Crippen LogP contribution in [0.3, 0.4) is 0 Å². The number of benzene rings is 1. The van der Waals surface area contributed by atoms with Crippen molar-refractivity contribution in [3.8, 4) is 0 Å². The Bertz CT molecular complexity index is 363. The van der Waals surface area contributed by atoms with Crippen LogP contribution in [0.15, 0.2) is 24.3 Å². The third-order valence-corrected chi connectivity index (χ3v) is 4.19. The highest BCUT2D eigenvalue weighted by atomic mass is 16.5. The molecule has 1 aliphatic rings. The molecule has 0 saturated carbocycles. The Morgan fingerprint density at radius 2 is 1.78 bits per heavy atom. The molecule has 1 aromatic rings. The second kappa shape index (κ2) is 5.85. The maximum absolute atomic E-state index is 5.49. The van der Waals surface area contributed by atoms with E-state index in [9.17, 15) is 0 Å². The summed E-state index contributed by atoms with van der Waals surface area (Å²) in [5.41, 5.74) is 3.18. The van der Waals surface area contributed by atoms with Crippen LogP contribution in [0, 0.1) is 6.92 Å². The lowest BCUT2D eigenvalue weighted by Crippen LogP contribution is -2.41. The van der Waals surface area contributed by atoms with E-state index in [4.69, 9.17) is 4.74 Å². The zero-order valence-corrected chi connectivity index (χ0v) is 11.9. The van der Waals surface area contributed by atoms with Crippen LogP contribution in [0.2, 0.25) is 0 Å². The predicted octanol–water partition coefficient (Wildman–Crippen LogP) is 3.34. The molecule has 2 nitrogen and oxygen atoms in total. The van der Waals surface area contributed by atoms with Gasteiger partial charge < -0.3 is 4.74 Å². The molecule has 0 radical (unpaired) electrons. The molecular weight excluding hydrogens is 222 g/mol. The van der Waals surface area contributed by atoms with Gasteiger partial charge in [0.25, 0.3) is 0 Å². The largest absolute Gasteiger partial charge is 0.366 e. The fraction of sp³-hybridized carbons (Fsp3) is 0.625. The fourth-order valence-electron chi connectivity index (χ4n) is 2.64. The van der Waals surface area contributed by atoms with Crippen molar-refractivity contribution in [3.63, 3.8) is 0 Å². The molecule has 0 N–H and O–H groups in total. The van der Waals surface area contributed by atoms with Gasteiger partial charge in [0.1, 0.15) is 0 Å². The number of rotatable bonds is 4. The van der Waals surface area contributed by atoms with Crippen molar-refractivity contribution >= 4 is 0 Å². The average Bonchev–Trinajstić information content (AvgIpc) is 2.39. The lowest BCUT2D eigenvalue weighted by Gasteiger charge is -2.39. The monoisotopic (exact) mass is 247 g/mol. The van der Waals surface area contributed by atoms with Crippen molar-refractivity contribution in [2.75, 3.05) is 26.4 Å². The number of likely N-dealkylation sites (tertiary alicyclic amines) is 1. The Hall–Kier alpha value is -0.860. The van der Waals surface area contributed by atoms with Gasteiger partial charge in [-0.2, -0.15) is 0 Å². The van der Waals surface area contributed by atoms with Gasteiger partial charge in [0.15, 0.2) is 0 Å². The van der Waals surface area contributed by atoms with Crippen molar-refractivity contribution in [1.82, 2.24) is 4.90 Å². The minimum Gasteiger partial charge on any atom is -0.366 e. The Morgan fingerprint density at radius 3 is 2.33 bits per heavy atom. The lowest BCUT2D eigenvalue weighted by atomic mass is 9.74. The van der Waals surface area contributed by atoms with E-state index >= 15 is 0 Å². The fourth-order valence-corrected chi connectivity index (χ4v) is 2.64. The summed E-state index contributed by atoms with van der Waals surface area (Å²) in [6.07, 6.45) is 2.45. The van der Waals surface area contributed by atoms with Crippen molar-refractivity contribution in [2.24, 2.45) is 0 Å². The SMILES string of the molecule is CCOCN1CCC(C)(c2ccc(C)cc2)CC1. The number of piperidine rings is 1. The first-order valence-electron chi connectivity index (χ1n) is 7.01. The van der Waals surface area contributed by atoms with Crippen molar-refractivity contribution in [2.45, 2.75) is 39.0 Å². The topological polar surface area (TPSA) is 12.5 Å². The molecule has 2 heteroatoms. The standard InChI is InChI=1S/C16H25NO/c1-4-18-13-17-11-9-16(3,10-12-17)15-7-5-14(2)6-8-15/h5-8H,4,9-13H2,1-3H3. The first kappa shape index (κ1) is 13.6. The highest BCUT2D eigenvalue weighted by molar-refractivity contribution is 5.28. The molecule has 1 fully saturated rings. The second-order valence-corrected chi connectivity index (χ2v) is 5.67. The van der Waals surface area contributed by atoms with Gasteiger partial charge in [-0.25, -0.2) is 0 Å². The van der Waals surface area contributed by atoms with E-state index in [-0.39, 0.29) is 0 Å². The third-order valence-electron chi connectivity index (χ3n) is 4.19. The molecule has 18 heavy (non-hydrogen) atoms. The van der Waals surface area contributed by atoms with Crippen LogP contribution in [-0.2, 0) is 10.2 Å². The van der Waals surface area contributed by atoms with Crippen molar-refractivity contribution < 1.29 is 4.74 Å². The molecule has 0 aromatic heterocycles. The average molecular weight is 247 g/mol. The van der Waals surface area contributed by atoms with Crippen LogP contribution < -0.4 is 0 Å². The minimum atomic E-state index is 0.344. The molecule has 100 valence electrons. The van der Waals surface area contributed by atoms with Crippen LogP contribution >= 0.6 is 0 Å². The van der Waals surface area contributed by atoms with E-state index in [1.807, 2.05) is 0 Å². The summed E-state index contributed by atoms with van der Waals surface area (Å²) >= 11 is 0. The quantitative estimate of drug-likeness (QED) is 0.809. The van der Waals surface area contributed by atoms with Crippen LogP contribution in [0.25, 0.3) is 0 Å². The Labute approximate surface area is 111 Å². The van der Waals surface area contributed by atoms with Crippen molar-refractivity contribution in [3.05, 3.63) is 35.4 Å². The van der Waals surface area contributed by atoms with Crippen molar-refractivity contribution in [1.29, 1.82) is 0 Å². The molecule has 1 saturated heterocycles. The molecule has 0 unspecified atom stereocenters. The molecule has 0 amide bonds. The Balaban J connectivity index is 1.96. The predicted molar refractivity (Wildman–Crippen MR) is 75.8 cm³/mol. The van der Waals surface area contributed by atoms with Gasteiger partial charge in [-0.05, 0) is 37.7 Å². The summed E-state index contributed by atoms with van der Waals surface area (Å²) in [4.78, 5) is 2.42. The van der Waals surface area contributed by atoms with Gasteiger partial charge in [-0.3, -0.25) is 4.90 Å². The maximum Gasteiger partial charge on any atom is 0.0990 e. The van der Waals surface area contributed by atoms with Gasteiger partial charge in [-0.1, -0.05) is 36.8 Å². The van der Waals surface area contributed by atoms with E-state index < -0.39 is 0 Å². The Kier molecular flexibility index (Phi) is 4.41. The zero-order valence-electron chi connectivity index (χ0n) is 11.9. The first-order valence-corrected chi connectivity index (χ1v) is 7.01. The van der Waals surface area contributed by atoms with Gasteiger partial charge in [0, 0.05) is 19.7 Å². The summed E-state index contributed by atoms with van der Waals surface area (Å²) in [6, 6.07) is 9.06. The number of ether oxygens (including phenoxy) is 1. The third kappa shape index (κ3) is 3.12. The second-order valence-electron chi connectivity index (χ2n) is 5.67. The summed E-state index contributed by atoms with van der Waals surface area (Å²) in [5, 5.41) is 0. The molecule has 1 aliphatic heterocycles. The first-order chi connectivity index (χ1) is 8.64.